The molecule has 0 aromatic heterocycles. The number of para-hydroxylation sites is 1. The van der Waals surface area contributed by atoms with Gasteiger partial charge >= 0.3 is 0 Å². The molecule has 1 atom stereocenters. The molecule has 0 aliphatic carbocycles. The van der Waals surface area contributed by atoms with Gasteiger partial charge in [0, 0.05) is 11.8 Å². The van der Waals surface area contributed by atoms with Gasteiger partial charge in [0.25, 0.3) is 11.6 Å². The summed E-state index contributed by atoms with van der Waals surface area (Å²) in [5.41, 5.74) is 0.817. The number of hydrogen-bond acceptors (Lipinski definition) is 5. The maximum Gasteiger partial charge on any atom is 0.273 e. The number of anilines is 2. The highest BCUT2D eigenvalue weighted by Gasteiger charge is 2.38. The maximum absolute atomic E-state index is 12.8. The van der Waals surface area contributed by atoms with E-state index in [4.69, 9.17) is 4.74 Å². The Morgan fingerprint density at radius 2 is 1.96 bits per heavy atom. The first kappa shape index (κ1) is 18.4. The fourth-order valence-corrected chi connectivity index (χ4v) is 2.84. The third-order valence-electron chi connectivity index (χ3n) is 4.17. The number of fused-ring (bicyclic) bond motifs is 1. The second-order valence-corrected chi connectivity index (χ2v) is 6.53. The zero-order valence-corrected chi connectivity index (χ0v) is 14.9. The van der Waals surface area contributed by atoms with E-state index in [0.29, 0.717) is 11.4 Å². The average molecular weight is 369 g/mol. The van der Waals surface area contributed by atoms with Crippen LogP contribution in [0, 0.1) is 16.0 Å². The minimum Gasteiger partial charge on any atom is -0.478 e. The zero-order valence-electron chi connectivity index (χ0n) is 14.9. The molecule has 2 aromatic carbocycles. The molecule has 8 heteroatoms. The van der Waals surface area contributed by atoms with Gasteiger partial charge in [-0.1, -0.05) is 32.0 Å². The number of nitrogens with zero attached hydrogens (tertiary/aromatic N) is 2. The summed E-state index contributed by atoms with van der Waals surface area (Å²) in [7, 11) is 0. The number of nitro benzene ring substituents is 1. The Morgan fingerprint density at radius 1 is 1.26 bits per heavy atom. The van der Waals surface area contributed by atoms with Crippen molar-refractivity contribution in [2.24, 2.45) is 5.92 Å². The highest BCUT2D eigenvalue weighted by Crippen LogP contribution is 2.38. The normalized spacial score (nSPS) is 15.9. The van der Waals surface area contributed by atoms with Crippen LogP contribution in [-0.4, -0.2) is 29.4 Å². The van der Waals surface area contributed by atoms with Crippen molar-refractivity contribution in [3.63, 3.8) is 0 Å². The summed E-state index contributed by atoms with van der Waals surface area (Å²) in [5, 5.41) is 13.8. The van der Waals surface area contributed by atoms with Crippen molar-refractivity contribution in [3.05, 3.63) is 58.6 Å². The number of ether oxygens (including phenoxy) is 1. The molecule has 0 saturated carbocycles. The van der Waals surface area contributed by atoms with Gasteiger partial charge in [-0.05, 0) is 24.1 Å². The second-order valence-electron chi connectivity index (χ2n) is 6.53. The fraction of sp³-hybridized carbons (Fsp3) is 0.263. The lowest BCUT2D eigenvalue weighted by Gasteiger charge is -2.35. The Hall–Kier alpha value is -3.42. The molecule has 1 heterocycles. The molecule has 0 spiro atoms. The molecule has 140 valence electrons. The molecular formula is C19H19N3O5. The van der Waals surface area contributed by atoms with Gasteiger partial charge in [-0.2, -0.15) is 0 Å². The standard InChI is InChI=1S/C19H19N3O5/c1-12(2)18-19(24)21(11-17(23)20-13-6-4-3-5-7-13)15-9-8-14(22(25)26)10-16(15)27-18/h3-10,12,18H,11H2,1-2H3,(H,20,23). The molecule has 1 aliphatic rings. The van der Waals surface area contributed by atoms with E-state index in [1.807, 2.05) is 19.9 Å². The van der Waals surface area contributed by atoms with E-state index in [9.17, 15) is 19.7 Å². The zero-order chi connectivity index (χ0) is 19.6. The second kappa shape index (κ2) is 7.45. The Labute approximate surface area is 155 Å². The summed E-state index contributed by atoms with van der Waals surface area (Å²) in [6.45, 7) is 3.41. The van der Waals surface area contributed by atoms with Crippen molar-refractivity contribution in [2.75, 3.05) is 16.8 Å². The first-order valence-electron chi connectivity index (χ1n) is 8.48. The van der Waals surface area contributed by atoms with Crippen molar-refractivity contribution < 1.29 is 19.2 Å². The lowest BCUT2D eigenvalue weighted by molar-refractivity contribution is -0.384. The predicted molar refractivity (Wildman–Crippen MR) is 99.8 cm³/mol. The summed E-state index contributed by atoms with van der Waals surface area (Å²) >= 11 is 0. The number of amides is 2. The highest BCUT2D eigenvalue weighted by atomic mass is 16.6. The van der Waals surface area contributed by atoms with Crippen LogP contribution in [0.5, 0.6) is 5.75 Å². The number of carbonyl (C=O) groups excluding carboxylic acids is 2. The van der Waals surface area contributed by atoms with Crippen molar-refractivity contribution >= 4 is 28.9 Å². The Bertz CT molecular complexity index is 882. The van der Waals surface area contributed by atoms with Gasteiger partial charge in [-0.15, -0.1) is 0 Å². The SMILES string of the molecule is CC(C)C1Oc2cc([N+](=O)[O-])ccc2N(CC(=O)Nc2ccccc2)C1=O. The Balaban J connectivity index is 1.89. The number of non-ortho nitro benzene ring substituents is 1. The minimum absolute atomic E-state index is 0.140. The molecule has 1 N–H and O–H groups in total. The third-order valence-corrected chi connectivity index (χ3v) is 4.17. The van der Waals surface area contributed by atoms with Crippen molar-refractivity contribution in [3.8, 4) is 5.75 Å². The van der Waals surface area contributed by atoms with E-state index in [1.165, 1.54) is 23.1 Å². The minimum atomic E-state index is -0.816. The number of rotatable bonds is 5. The van der Waals surface area contributed by atoms with Gasteiger partial charge in [0.1, 0.15) is 6.54 Å². The van der Waals surface area contributed by atoms with Crippen LogP contribution < -0.4 is 15.0 Å². The molecule has 2 amide bonds. The molecular weight excluding hydrogens is 350 g/mol. The maximum atomic E-state index is 12.8. The van der Waals surface area contributed by atoms with Gasteiger partial charge in [-0.3, -0.25) is 24.6 Å². The van der Waals surface area contributed by atoms with Crippen LogP contribution in [-0.2, 0) is 9.59 Å². The van der Waals surface area contributed by atoms with Crippen LogP contribution in [0.15, 0.2) is 48.5 Å². The van der Waals surface area contributed by atoms with E-state index in [1.54, 1.807) is 24.3 Å². The number of nitrogens with one attached hydrogen (secondary N) is 1. The summed E-state index contributed by atoms with van der Waals surface area (Å²) in [4.78, 5) is 37.1. The van der Waals surface area contributed by atoms with Crippen molar-refractivity contribution in [1.29, 1.82) is 0 Å². The van der Waals surface area contributed by atoms with Crippen LogP contribution in [0.1, 0.15) is 13.8 Å². The van der Waals surface area contributed by atoms with Crippen molar-refractivity contribution in [1.82, 2.24) is 0 Å². The molecule has 27 heavy (non-hydrogen) atoms. The van der Waals surface area contributed by atoms with Crippen LogP contribution in [0.2, 0.25) is 0 Å². The van der Waals surface area contributed by atoms with E-state index in [2.05, 4.69) is 5.32 Å². The summed E-state index contributed by atoms with van der Waals surface area (Å²) < 4.78 is 5.70. The van der Waals surface area contributed by atoms with Gasteiger partial charge in [0.05, 0.1) is 16.7 Å². The highest BCUT2D eigenvalue weighted by molar-refractivity contribution is 6.06. The van der Waals surface area contributed by atoms with E-state index >= 15 is 0 Å². The van der Waals surface area contributed by atoms with Crippen LogP contribution in [0.3, 0.4) is 0 Å². The first-order valence-corrected chi connectivity index (χ1v) is 8.48. The predicted octanol–water partition coefficient (Wildman–Crippen LogP) is 2.98. The van der Waals surface area contributed by atoms with Gasteiger partial charge in [-0.25, -0.2) is 0 Å². The smallest absolute Gasteiger partial charge is 0.273 e. The lowest BCUT2D eigenvalue weighted by atomic mass is 10.0. The Morgan fingerprint density at radius 3 is 2.59 bits per heavy atom. The van der Waals surface area contributed by atoms with Gasteiger partial charge < -0.3 is 10.1 Å². The molecule has 3 rings (SSSR count). The monoisotopic (exact) mass is 369 g/mol. The molecule has 0 radical (unpaired) electrons. The number of carbonyl (C=O) groups is 2. The van der Waals surface area contributed by atoms with Crippen LogP contribution in [0.25, 0.3) is 0 Å². The molecule has 0 bridgehead atoms. The quantitative estimate of drug-likeness (QED) is 0.645. The summed E-state index contributed by atoms with van der Waals surface area (Å²) in [5.74, 6) is -0.669. The lowest BCUT2D eigenvalue weighted by Crippen LogP contribution is -2.50. The van der Waals surface area contributed by atoms with Crippen LogP contribution in [0.4, 0.5) is 17.1 Å². The number of benzene rings is 2. The van der Waals surface area contributed by atoms with E-state index in [0.717, 1.165) is 0 Å². The van der Waals surface area contributed by atoms with Gasteiger partial charge in [0.2, 0.25) is 5.91 Å². The summed E-state index contributed by atoms with van der Waals surface area (Å²) in [6, 6.07) is 12.9. The Kier molecular flexibility index (Phi) is 5.07. The molecule has 0 saturated heterocycles. The van der Waals surface area contributed by atoms with Crippen molar-refractivity contribution in [2.45, 2.75) is 20.0 Å². The average Bonchev–Trinajstić information content (AvgIpc) is 2.63. The van der Waals surface area contributed by atoms with Crippen LogP contribution >= 0.6 is 0 Å². The fourth-order valence-electron chi connectivity index (χ4n) is 2.84. The van der Waals surface area contributed by atoms with E-state index in [-0.39, 0.29) is 35.7 Å². The van der Waals surface area contributed by atoms with E-state index < -0.39 is 11.0 Å². The molecule has 2 aromatic rings. The molecule has 1 aliphatic heterocycles. The largest absolute Gasteiger partial charge is 0.478 e. The number of nitro groups is 1. The first-order chi connectivity index (χ1) is 12.9. The third kappa shape index (κ3) is 3.89. The number of hydrogen-bond donors (Lipinski definition) is 1. The topological polar surface area (TPSA) is 102 Å². The molecule has 1 unspecified atom stereocenters. The van der Waals surface area contributed by atoms with Gasteiger partial charge in [0.15, 0.2) is 11.9 Å². The molecule has 0 fully saturated rings. The summed E-state index contributed by atoms with van der Waals surface area (Å²) in [6.07, 6.45) is -0.816. The molecule has 8 nitrogen and oxygen atoms in total.